The van der Waals surface area contributed by atoms with Crippen LogP contribution < -0.4 is 9.64 Å². The Labute approximate surface area is 223 Å². The monoisotopic (exact) mass is 517 g/mol. The Hall–Kier alpha value is -3.19. The van der Waals surface area contributed by atoms with Crippen LogP contribution in [0.4, 0.5) is 5.69 Å². The molecule has 2 saturated heterocycles. The average Bonchev–Trinajstić information content (AvgIpc) is 3.23. The van der Waals surface area contributed by atoms with Crippen LogP contribution in [0.25, 0.3) is 0 Å². The summed E-state index contributed by atoms with van der Waals surface area (Å²) in [5.41, 5.74) is 3.02. The van der Waals surface area contributed by atoms with Gasteiger partial charge in [-0.15, -0.1) is 0 Å². The third-order valence-corrected chi connectivity index (χ3v) is 7.40. The number of carbonyl (C=O) groups excluding carboxylic acids is 2. The Morgan fingerprint density at radius 1 is 0.865 bits per heavy atom. The predicted molar refractivity (Wildman–Crippen MR) is 146 cm³/mol. The van der Waals surface area contributed by atoms with Crippen molar-refractivity contribution in [2.45, 2.75) is 31.8 Å². The molecule has 0 aliphatic carbocycles. The topological polar surface area (TPSA) is 53.1 Å². The highest BCUT2D eigenvalue weighted by atomic mass is 35.5. The van der Waals surface area contributed by atoms with Crippen molar-refractivity contribution in [3.63, 3.8) is 0 Å². The zero-order chi connectivity index (χ0) is 25.8. The summed E-state index contributed by atoms with van der Waals surface area (Å²) >= 11 is 6.16. The molecule has 2 aliphatic heterocycles. The molecule has 0 bridgehead atoms. The highest BCUT2D eigenvalue weighted by Gasteiger charge is 2.43. The molecule has 2 heterocycles. The summed E-state index contributed by atoms with van der Waals surface area (Å²) in [6, 6.07) is 25.4. The molecule has 192 valence electrons. The van der Waals surface area contributed by atoms with E-state index in [9.17, 15) is 9.59 Å². The second kappa shape index (κ2) is 11.5. The number of nitrogens with zero attached hydrogens (tertiary/aromatic N) is 3. The van der Waals surface area contributed by atoms with Gasteiger partial charge < -0.3 is 4.74 Å². The maximum Gasteiger partial charge on any atom is 0.251 e. The van der Waals surface area contributed by atoms with Crippen LogP contribution in [-0.4, -0.2) is 60.4 Å². The van der Waals surface area contributed by atoms with Crippen molar-refractivity contribution in [1.29, 1.82) is 0 Å². The van der Waals surface area contributed by atoms with E-state index in [0.717, 1.165) is 43.4 Å². The minimum absolute atomic E-state index is 0.103. The molecular formula is C30H32ClN3O3. The molecule has 37 heavy (non-hydrogen) atoms. The molecule has 0 radical (unpaired) electrons. The molecule has 0 aromatic heterocycles. The SMILES string of the molecule is CCCOc1ccc(N2C(=O)C[C@H](N3CCN([C@@H](c4ccccc4)c4ccc(Cl)cc4)CC3)C2=O)cc1. The van der Waals surface area contributed by atoms with Crippen LogP contribution >= 0.6 is 11.6 Å². The highest BCUT2D eigenvalue weighted by molar-refractivity contribution is 6.30. The van der Waals surface area contributed by atoms with Crippen LogP contribution in [0.1, 0.15) is 36.9 Å². The molecule has 0 saturated carbocycles. The molecule has 2 fully saturated rings. The first-order valence-electron chi connectivity index (χ1n) is 12.9. The van der Waals surface area contributed by atoms with Crippen molar-refractivity contribution < 1.29 is 14.3 Å². The lowest BCUT2D eigenvalue weighted by Crippen LogP contribution is -2.53. The van der Waals surface area contributed by atoms with E-state index in [1.165, 1.54) is 16.0 Å². The van der Waals surface area contributed by atoms with Crippen LogP contribution in [0.5, 0.6) is 5.75 Å². The van der Waals surface area contributed by atoms with Gasteiger partial charge in [-0.3, -0.25) is 19.4 Å². The van der Waals surface area contributed by atoms with E-state index in [1.54, 1.807) is 12.1 Å². The number of anilines is 1. The number of hydrogen-bond acceptors (Lipinski definition) is 5. The van der Waals surface area contributed by atoms with Gasteiger partial charge in [-0.2, -0.15) is 0 Å². The van der Waals surface area contributed by atoms with E-state index in [2.05, 4.69) is 53.1 Å². The summed E-state index contributed by atoms with van der Waals surface area (Å²) in [7, 11) is 0. The summed E-state index contributed by atoms with van der Waals surface area (Å²) < 4.78 is 5.63. The fraction of sp³-hybridized carbons (Fsp3) is 0.333. The number of amides is 2. The predicted octanol–water partition coefficient (Wildman–Crippen LogP) is 5.17. The standard InChI is InChI=1S/C30H32ClN3O3/c1-2-20-37-26-14-12-25(13-15-26)34-28(35)21-27(30(34)36)32-16-18-33(19-17-32)29(22-6-4-3-5-7-22)23-8-10-24(31)11-9-23/h3-15,27,29H,2,16-21H2,1H3/t27-,29-/m0/s1. The smallest absolute Gasteiger partial charge is 0.251 e. The molecule has 0 spiro atoms. The van der Waals surface area contributed by atoms with E-state index >= 15 is 0 Å². The molecule has 2 aliphatic rings. The van der Waals surface area contributed by atoms with Crippen molar-refractivity contribution in [2.24, 2.45) is 0 Å². The lowest BCUT2D eigenvalue weighted by Gasteiger charge is -2.41. The number of piperazine rings is 1. The number of imide groups is 1. The van der Waals surface area contributed by atoms with Gasteiger partial charge in [0.25, 0.3) is 5.91 Å². The Bertz CT molecular complexity index is 1210. The van der Waals surface area contributed by atoms with Crippen molar-refractivity contribution in [2.75, 3.05) is 37.7 Å². The zero-order valence-electron chi connectivity index (χ0n) is 21.1. The molecule has 5 rings (SSSR count). The molecule has 0 N–H and O–H groups in total. The van der Waals surface area contributed by atoms with Crippen LogP contribution in [0, 0.1) is 0 Å². The largest absolute Gasteiger partial charge is 0.494 e. The van der Waals surface area contributed by atoms with E-state index in [1.807, 2.05) is 30.3 Å². The average molecular weight is 518 g/mol. The van der Waals surface area contributed by atoms with Gasteiger partial charge in [-0.05, 0) is 53.9 Å². The number of rotatable bonds is 8. The van der Waals surface area contributed by atoms with Gasteiger partial charge in [0, 0.05) is 31.2 Å². The fourth-order valence-corrected chi connectivity index (χ4v) is 5.41. The first-order valence-corrected chi connectivity index (χ1v) is 13.3. The van der Waals surface area contributed by atoms with E-state index in [4.69, 9.17) is 16.3 Å². The number of hydrogen-bond donors (Lipinski definition) is 0. The van der Waals surface area contributed by atoms with Gasteiger partial charge in [0.15, 0.2) is 0 Å². The van der Waals surface area contributed by atoms with Gasteiger partial charge in [-0.25, -0.2) is 4.90 Å². The second-order valence-corrected chi connectivity index (χ2v) is 10.0. The van der Waals surface area contributed by atoms with Gasteiger partial charge in [-0.1, -0.05) is 61.0 Å². The van der Waals surface area contributed by atoms with Crippen LogP contribution in [0.2, 0.25) is 5.02 Å². The molecule has 7 heteroatoms. The fourth-order valence-electron chi connectivity index (χ4n) is 5.29. The first kappa shape index (κ1) is 25.5. The minimum atomic E-state index is -0.420. The van der Waals surface area contributed by atoms with Crippen molar-refractivity contribution in [3.05, 3.63) is 95.0 Å². The number of ether oxygens (including phenoxy) is 1. The van der Waals surface area contributed by atoms with Crippen molar-refractivity contribution >= 4 is 29.1 Å². The van der Waals surface area contributed by atoms with E-state index in [0.29, 0.717) is 12.3 Å². The second-order valence-electron chi connectivity index (χ2n) is 9.57. The summed E-state index contributed by atoms with van der Waals surface area (Å²) in [5, 5.41) is 0.720. The summed E-state index contributed by atoms with van der Waals surface area (Å²) in [6.07, 6.45) is 1.14. The molecule has 3 aromatic rings. The third kappa shape index (κ3) is 5.57. The van der Waals surface area contributed by atoms with E-state index in [-0.39, 0.29) is 24.3 Å². The van der Waals surface area contributed by atoms with Crippen LogP contribution in [0.15, 0.2) is 78.9 Å². The van der Waals surface area contributed by atoms with Crippen LogP contribution in [-0.2, 0) is 9.59 Å². The maximum absolute atomic E-state index is 13.4. The van der Waals surface area contributed by atoms with Gasteiger partial charge in [0.2, 0.25) is 5.91 Å². The minimum Gasteiger partial charge on any atom is -0.494 e. The molecular weight excluding hydrogens is 486 g/mol. The Morgan fingerprint density at radius 2 is 1.51 bits per heavy atom. The highest BCUT2D eigenvalue weighted by Crippen LogP contribution is 2.32. The summed E-state index contributed by atoms with van der Waals surface area (Å²) in [4.78, 5) is 32.2. The Kier molecular flexibility index (Phi) is 7.89. The lowest BCUT2D eigenvalue weighted by atomic mass is 9.96. The Balaban J connectivity index is 1.27. The first-order chi connectivity index (χ1) is 18.0. The number of benzene rings is 3. The normalized spacial score (nSPS) is 19.8. The summed E-state index contributed by atoms with van der Waals surface area (Å²) in [6.45, 7) is 5.72. The quantitative estimate of drug-likeness (QED) is 0.386. The van der Waals surface area contributed by atoms with Crippen molar-refractivity contribution in [1.82, 2.24) is 9.80 Å². The van der Waals surface area contributed by atoms with Crippen molar-refractivity contribution in [3.8, 4) is 5.75 Å². The lowest BCUT2D eigenvalue weighted by molar-refractivity contribution is -0.123. The van der Waals surface area contributed by atoms with Gasteiger partial charge in [0.05, 0.1) is 30.8 Å². The van der Waals surface area contributed by atoms with Crippen LogP contribution in [0.3, 0.4) is 0 Å². The summed E-state index contributed by atoms with van der Waals surface area (Å²) in [5.74, 6) is 0.451. The Morgan fingerprint density at radius 3 is 2.16 bits per heavy atom. The zero-order valence-corrected chi connectivity index (χ0v) is 21.8. The maximum atomic E-state index is 13.4. The molecule has 2 atom stereocenters. The number of halogens is 1. The molecule has 2 amide bonds. The third-order valence-electron chi connectivity index (χ3n) is 7.15. The molecule has 3 aromatic carbocycles. The number of carbonyl (C=O) groups is 2. The molecule has 6 nitrogen and oxygen atoms in total. The van der Waals surface area contributed by atoms with Gasteiger partial charge in [0.1, 0.15) is 5.75 Å². The van der Waals surface area contributed by atoms with E-state index < -0.39 is 6.04 Å². The molecule has 0 unspecified atom stereocenters. The van der Waals surface area contributed by atoms with Gasteiger partial charge >= 0.3 is 0 Å².